The van der Waals surface area contributed by atoms with Gasteiger partial charge in [0.15, 0.2) is 0 Å². The van der Waals surface area contributed by atoms with E-state index in [4.69, 9.17) is 0 Å². The fourth-order valence-electron chi connectivity index (χ4n) is 4.81. The lowest BCUT2D eigenvalue weighted by atomic mass is 9.97. The molecule has 0 aliphatic carbocycles. The van der Waals surface area contributed by atoms with E-state index in [2.05, 4.69) is 89.9 Å². The van der Waals surface area contributed by atoms with Gasteiger partial charge in [-0.1, -0.05) is 72.8 Å². The van der Waals surface area contributed by atoms with E-state index in [0.29, 0.717) is 0 Å². The topological polar surface area (TPSA) is 15.8 Å². The van der Waals surface area contributed by atoms with Gasteiger partial charge in [-0.25, -0.2) is 0 Å². The first-order valence-electron chi connectivity index (χ1n) is 9.55. The third kappa shape index (κ3) is 1.71. The summed E-state index contributed by atoms with van der Waals surface area (Å²) in [5.74, 6) is 0. The quantitative estimate of drug-likeness (QED) is 0.277. The molecular formula is C26H15NS. The zero-order valence-corrected chi connectivity index (χ0v) is 15.8. The van der Waals surface area contributed by atoms with Crippen molar-refractivity contribution in [3.63, 3.8) is 0 Å². The minimum absolute atomic E-state index is 1.21. The summed E-state index contributed by atoms with van der Waals surface area (Å²) in [6.45, 7) is 0. The van der Waals surface area contributed by atoms with E-state index >= 15 is 0 Å². The number of thiophene rings is 1. The highest BCUT2D eigenvalue weighted by Gasteiger charge is 2.18. The van der Waals surface area contributed by atoms with Crippen LogP contribution in [0.25, 0.3) is 63.5 Å². The lowest BCUT2D eigenvalue weighted by Gasteiger charge is -2.05. The number of rotatable bonds is 0. The number of H-pyrrole nitrogens is 1. The van der Waals surface area contributed by atoms with Gasteiger partial charge in [-0.2, -0.15) is 0 Å². The zero-order valence-electron chi connectivity index (χ0n) is 15.0. The number of aromatic nitrogens is 1. The van der Waals surface area contributed by atoms with Crippen molar-refractivity contribution in [1.29, 1.82) is 0 Å². The molecule has 5 aromatic carbocycles. The van der Waals surface area contributed by atoms with E-state index in [-0.39, 0.29) is 0 Å². The monoisotopic (exact) mass is 373 g/mol. The predicted molar refractivity (Wildman–Crippen MR) is 124 cm³/mol. The van der Waals surface area contributed by atoms with Crippen LogP contribution in [0.15, 0.2) is 84.9 Å². The molecule has 0 saturated heterocycles. The maximum absolute atomic E-state index is 3.78. The van der Waals surface area contributed by atoms with Crippen LogP contribution in [0.2, 0.25) is 0 Å². The van der Waals surface area contributed by atoms with E-state index in [1.54, 1.807) is 0 Å². The third-order valence-corrected chi connectivity index (χ3v) is 7.17. The van der Waals surface area contributed by atoms with Crippen molar-refractivity contribution in [2.75, 3.05) is 0 Å². The Morgan fingerprint density at radius 1 is 0.536 bits per heavy atom. The Morgan fingerprint density at radius 2 is 1.21 bits per heavy atom. The molecule has 0 bridgehead atoms. The molecule has 7 aromatic rings. The van der Waals surface area contributed by atoms with E-state index < -0.39 is 0 Å². The summed E-state index contributed by atoms with van der Waals surface area (Å²) in [7, 11) is 0. The van der Waals surface area contributed by atoms with Crippen LogP contribution < -0.4 is 0 Å². The average molecular weight is 373 g/mol. The van der Waals surface area contributed by atoms with E-state index in [9.17, 15) is 0 Å². The van der Waals surface area contributed by atoms with Crippen LogP contribution in [0.1, 0.15) is 0 Å². The van der Waals surface area contributed by atoms with Crippen LogP contribution in [-0.2, 0) is 0 Å². The molecule has 0 aliphatic heterocycles. The van der Waals surface area contributed by atoms with Gasteiger partial charge in [-0.15, -0.1) is 11.3 Å². The lowest BCUT2D eigenvalue weighted by Crippen LogP contribution is -1.78. The molecule has 7 rings (SSSR count). The number of aromatic amines is 1. The molecule has 0 atom stereocenters. The highest BCUT2D eigenvalue weighted by atomic mass is 32.1. The van der Waals surface area contributed by atoms with Gasteiger partial charge in [-0.3, -0.25) is 0 Å². The molecule has 0 radical (unpaired) electrons. The average Bonchev–Trinajstić information content (AvgIpc) is 3.33. The molecule has 130 valence electrons. The Balaban J connectivity index is 1.90. The van der Waals surface area contributed by atoms with Crippen LogP contribution in [-0.4, -0.2) is 4.98 Å². The van der Waals surface area contributed by atoms with Crippen molar-refractivity contribution in [2.45, 2.75) is 0 Å². The van der Waals surface area contributed by atoms with Crippen molar-refractivity contribution < 1.29 is 0 Å². The van der Waals surface area contributed by atoms with Gasteiger partial charge in [0, 0.05) is 31.8 Å². The van der Waals surface area contributed by atoms with E-state index in [0.717, 1.165) is 0 Å². The molecule has 0 amide bonds. The van der Waals surface area contributed by atoms with Crippen LogP contribution in [0.3, 0.4) is 0 Å². The summed E-state index contributed by atoms with van der Waals surface area (Å²) in [6.07, 6.45) is 0. The maximum atomic E-state index is 3.78. The number of hydrogen-bond donors (Lipinski definition) is 1. The third-order valence-electron chi connectivity index (χ3n) is 5.98. The van der Waals surface area contributed by atoms with Crippen LogP contribution in [0.4, 0.5) is 0 Å². The minimum Gasteiger partial charge on any atom is -0.353 e. The second-order valence-electron chi connectivity index (χ2n) is 7.43. The molecule has 0 unspecified atom stereocenters. The molecule has 1 nitrogen and oxygen atoms in total. The summed E-state index contributed by atoms with van der Waals surface area (Å²) in [5.41, 5.74) is 2.48. The van der Waals surface area contributed by atoms with Crippen LogP contribution in [0, 0.1) is 0 Å². The normalized spacial score (nSPS) is 12.3. The first-order chi connectivity index (χ1) is 13.9. The van der Waals surface area contributed by atoms with Crippen molar-refractivity contribution in [3.8, 4) is 0 Å². The summed E-state index contributed by atoms with van der Waals surface area (Å²) in [5, 5.41) is 10.7. The molecule has 0 spiro atoms. The van der Waals surface area contributed by atoms with Crippen molar-refractivity contribution in [3.05, 3.63) is 84.9 Å². The van der Waals surface area contributed by atoms with Gasteiger partial charge >= 0.3 is 0 Å². The maximum Gasteiger partial charge on any atom is 0.0653 e. The summed E-state index contributed by atoms with van der Waals surface area (Å²) < 4.78 is 2.70. The van der Waals surface area contributed by atoms with Gasteiger partial charge in [-0.05, 0) is 33.7 Å². The molecule has 28 heavy (non-hydrogen) atoms. The second-order valence-corrected chi connectivity index (χ2v) is 8.48. The highest BCUT2D eigenvalue weighted by Crippen LogP contribution is 2.46. The van der Waals surface area contributed by atoms with Gasteiger partial charge in [0.1, 0.15) is 0 Å². The zero-order chi connectivity index (χ0) is 18.2. The summed E-state index contributed by atoms with van der Waals surface area (Å²) in [4.78, 5) is 3.78. The molecule has 2 heterocycles. The van der Waals surface area contributed by atoms with Crippen molar-refractivity contribution >= 4 is 74.9 Å². The Labute approximate surface area is 164 Å². The van der Waals surface area contributed by atoms with Gasteiger partial charge in [0.25, 0.3) is 0 Å². The van der Waals surface area contributed by atoms with Crippen molar-refractivity contribution in [2.24, 2.45) is 0 Å². The number of fused-ring (bicyclic) bond motifs is 12. The molecular weight excluding hydrogens is 358 g/mol. The SMILES string of the molecule is c1ccc2c(c1)ccc1[nH]c3c4sc5ccccc5c4c4ccccc4c3c12. The van der Waals surface area contributed by atoms with Gasteiger partial charge in [0.05, 0.1) is 10.2 Å². The molecule has 0 fully saturated rings. The molecule has 0 saturated carbocycles. The highest BCUT2D eigenvalue weighted by molar-refractivity contribution is 7.27. The summed E-state index contributed by atoms with van der Waals surface area (Å²) >= 11 is 1.90. The number of benzene rings is 5. The first-order valence-corrected chi connectivity index (χ1v) is 10.4. The molecule has 2 heteroatoms. The fraction of sp³-hybridized carbons (Fsp3) is 0. The van der Waals surface area contributed by atoms with E-state index in [1.807, 2.05) is 11.3 Å². The van der Waals surface area contributed by atoms with Gasteiger partial charge in [0.2, 0.25) is 0 Å². The lowest BCUT2D eigenvalue weighted by molar-refractivity contribution is 1.58. The molecule has 2 aromatic heterocycles. The number of nitrogens with one attached hydrogen (secondary N) is 1. The van der Waals surface area contributed by atoms with Crippen molar-refractivity contribution in [1.82, 2.24) is 4.98 Å². The Kier molecular flexibility index (Phi) is 2.68. The predicted octanol–water partition coefficient (Wildman–Crippen LogP) is 8.00. The molecule has 0 aliphatic rings. The summed E-state index contributed by atoms with van der Waals surface area (Å²) in [6, 6.07) is 30.8. The van der Waals surface area contributed by atoms with Crippen LogP contribution in [0.5, 0.6) is 0 Å². The largest absolute Gasteiger partial charge is 0.353 e. The van der Waals surface area contributed by atoms with Gasteiger partial charge < -0.3 is 4.98 Å². The van der Waals surface area contributed by atoms with Crippen LogP contribution >= 0.6 is 11.3 Å². The molecule has 1 N–H and O–H groups in total. The smallest absolute Gasteiger partial charge is 0.0653 e. The second kappa shape index (κ2) is 5.12. The standard InChI is InChI=1S/C26H15NS/c1-2-8-16-15(7-1)13-14-20-23(16)24-18-10-4-3-9-17(18)22-19-11-5-6-12-21(19)28-26(22)25(24)27-20/h1-14,27H. The Morgan fingerprint density at radius 3 is 2.07 bits per heavy atom. The fourth-order valence-corrected chi connectivity index (χ4v) is 6.04. The number of hydrogen-bond acceptors (Lipinski definition) is 1. The first kappa shape index (κ1) is 14.7. The Hall–Kier alpha value is -3.36. The van der Waals surface area contributed by atoms with E-state index in [1.165, 1.54) is 63.5 Å². The Bertz CT molecular complexity index is 1720. The minimum atomic E-state index is 1.21.